The Labute approximate surface area is 228 Å². The average molecular weight is 569 g/mol. The van der Waals surface area contributed by atoms with Crippen LogP contribution in [-0.4, -0.2) is 70.3 Å². The maximum absolute atomic E-state index is 13.4. The largest absolute Gasteiger partial charge is 0.476 e. The number of methoxy groups -OCH3 is 1. The molecule has 0 bridgehead atoms. The van der Waals surface area contributed by atoms with Crippen molar-refractivity contribution in [3.63, 3.8) is 0 Å². The van der Waals surface area contributed by atoms with Gasteiger partial charge in [-0.1, -0.05) is 6.07 Å². The first kappa shape index (κ1) is 30.4. The Morgan fingerprint density at radius 2 is 1.82 bits per heavy atom. The average Bonchev–Trinajstić information content (AvgIpc) is 3.29. The third-order valence-electron chi connectivity index (χ3n) is 5.85. The van der Waals surface area contributed by atoms with Crippen LogP contribution < -0.4 is 4.74 Å². The van der Waals surface area contributed by atoms with Crippen molar-refractivity contribution in [3.05, 3.63) is 48.0 Å². The van der Waals surface area contributed by atoms with Crippen LogP contribution in [0.25, 0.3) is 22.6 Å². The molecule has 3 rings (SSSR count). The van der Waals surface area contributed by atoms with Gasteiger partial charge >= 0.3 is 12.1 Å². The summed E-state index contributed by atoms with van der Waals surface area (Å²) in [5, 5.41) is 0. The van der Waals surface area contributed by atoms with E-state index in [1.807, 2.05) is 6.92 Å². The van der Waals surface area contributed by atoms with Crippen LogP contribution in [0.2, 0.25) is 0 Å². The Morgan fingerprint density at radius 3 is 2.38 bits per heavy atom. The molecular formula is C27H35F3N4O4S. The lowest BCUT2D eigenvalue weighted by molar-refractivity contribution is -0.152. The van der Waals surface area contributed by atoms with Crippen molar-refractivity contribution < 1.29 is 32.2 Å². The zero-order valence-electron chi connectivity index (χ0n) is 23.3. The van der Waals surface area contributed by atoms with Crippen molar-refractivity contribution in [1.29, 1.82) is 0 Å². The number of alkyl halides is 3. The van der Waals surface area contributed by atoms with E-state index in [1.165, 1.54) is 11.7 Å². The predicted octanol–water partition coefficient (Wildman–Crippen LogP) is 5.58. The molecule has 0 fully saturated rings. The molecule has 12 heteroatoms. The molecule has 0 aromatic carbocycles. The third kappa shape index (κ3) is 8.18. The first-order valence-corrected chi connectivity index (χ1v) is 15.2. The van der Waals surface area contributed by atoms with Gasteiger partial charge in [-0.05, 0) is 51.2 Å². The highest BCUT2D eigenvalue weighted by molar-refractivity contribution is 8.32. The normalized spacial score (nSPS) is 12.9. The van der Waals surface area contributed by atoms with Crippen LogP contribution in [0.3, 0.4) is 0 Å². The second-order valence-electron chi connectivity index (χ2n) is 10.7. The van der Waals surface area contributed by atoms with Crippen LogP contribution in [0, 0.1) is 12.3 Å². The van der Waals surface area contributed by atoms with Gasteiger partial charge in [0.1, 0.15) is 19.0 Å². The van der Waals surface area contributed by atoms with Crippen LogP contribution in [0.5, 0.6) is 5.88 Å². The number of halogens is 3. The Hall–Kier alpha value is -3.12. The van der Waals surface area contributed by atoms with Gasteiger partial charge < -0.3 is 18.8 Å². The highest BCUT2D eigenvalue weighted by atomic mass is 32.3. The fourth-order valence-electron chi connectivity index (χ4n) is 3.51. The first-order valence-electron chi connectivity index (χ1n) is 12.1. The fourth-order valence-corrected chi connectivity index (χ4v) is 4.13. The Balaban J connectivity index is 1.79. The molecule has 3 heterocycles. The van der Waals surface area contributed by atoms with Gasteiger partial charge in [0.25, 0.3) is 0 Å². The van der Waals surface area contributed by atoms with Crippen molar-refractivity contribution in [3.8, 4) is 28.5 Å². The number of aromatic nitrogens is 4. The van der Waals surface area contributed by atoms with E-state index in [0.717, 1.165) is 28.6 Å². The molecule has 214 valence electrons. The molecule has 0 unspecified atom stereocenters. The number of pyridine rings is 2. The summed E-state index contributed by atoms with van der Waals surface area (Å²) in [7, 11) is 0.541. The number of aryl methyl sites for hydroxylation is 1. The van der Waals surface area contributed by atoms with Crippen LogP contribution in [0.15, 0.2) is 36.8 Å². The summed E-state index contributed by atoms with van der Waals surface area (Å²) >= 11 is 0. The molecule has 0 aliphatic carbocycles. The van der Waals surface area contributed by atoms with E-state index >= 15 is 0 Å². The summed E-state index contributed by atoms with van der Waals surface area (Å²) in [5.74, 6) is 0.884. The van der Waals surface area contributed by atoms with Crippen molar-refractivity contribution in [2.75, 3.05) is 44.8 Å². The van der Waals surface area contributed by atoms with Gasteiger partial charge in [-0.3, -0.25) is 9.78 Å². The van der Waals surface area contributed by atoms with Crippen molar-refractivity contribution >= 4 is 16.0 Å². The van der Waals surface area contributed by atoms with E-state index in [1.54, 1.807) is 44.4 Å². The van der Waals surface area contributed by atoms with Gasteiger partial charge in [0.15, 0.2) is 11.5 Å². The van der Waals surface area contributed by atoms with Gasteiger partial charge in [-0.25, -0.2) is 20.0 Å². The van der Waals surface area contributed by atoms with Crippen LogP contribution >= 0.6 is 10.0 Å². The predicted molar refractivity (Wildman–Crippen MR) is 146 cm³/mol. The number of hydrogen-bond acceptors (Lipinski definition) is 7. The topological polar surface area (TPSA) is 88.4 Å². The number of imidazole rings is 1. The molecule has 0 radical (unpaired) electrons. The van der Waals surface area contributed by atoms with E-state index in [4.69, 9.17) is 14.2 Å². The van der Waals surface area contributed by atoms with Gasteiger partial charge in [-0.15, -0.1) is 0 Å². The molecule has 0 saturated carbocycles. The summed E-state index contributed by atoms with van der Waals surface area (Å²) < 4.78 is 57.7. The van der Waals surface area contributed by atoms with E-state index in [2.05, 4.69) is 33.7 Å². The highest BCUT2D eigenvalue weighted by Crippen LogP contribution is 2.34. The van der Waals surface area contributed by atoms with Gasteiger partial charge in [-0.2, -0.15) is 13.2 Å². The monoisotopic (exact) mass is 568 g/mol. The molecule has 0 saturated heterocycles. The lowest BCUT2D eigenvalue weighted by Crippen LogP contribution is -2.32. The molecule has 0 amide bonds. The Bertz CT molecular complexity index is 1290. The summed E-state index contributed by atoms with van der Waals surface area (Å²) in [5.41, 5.74) is 0.804. The third-order valence-corrected chi connectivity index (χ3v) is 7.24. The number of carbonyl (C=O) groups excluding carboxylic acids is 1. The molecule has 0 spiro atoms. The number of esters is 1. The summed E-state index contributed by atoms with van der Waals surface area (Å²) in [4.78, 5) is 24.4. The zero-order valence-corrected chi connectivity index (χ0v) is 24.1. The molecule has 0 aliphatic rings. The fraction of sp³-hybridized carbons (Fsp3) is 0.481. The second kappa shape index (κ2) is 12.0. The molecule has 39 heavy (non-hydrogen) atoms. The number of hydrogen-bond donors (Lipinski definition) is 0. The maximum atomic E-state index is 13.4. The van der Waals surface area contributed by atoms with Gasteiger partial charge in [0.2, 0.25) is 5.88 Å². The minimum atomic E-state index is -4.59. The summed E-state index contributed by atoms with van der Waals surface area (Å²) in [6.45, 7) is 5.78. The first-order chi connectivity index (χ1) is 18.1. The lowest BCUT2D eigenvalue weighted by atomic mass is 9.95. The van der Waals surface area contributed by atoms with E-state index in [0.29, 0.717) is 12.5 Å². The van der Waals surface area contributed by atoms with E-state index < -0.39 is 27.3 Å². The molecule has 8 nitrogen and oxygen atoms in total. The molecule has 0 N–H and O–H groups in total. The molecule has 3 aromatic heterocycles. The van der Waals surface area contributed by atoms with Crippen molar-refractivity contribution in [1.82, 2.24) is 19.5 Å². The van der Waals surface area contributed by atoms with Gasteiger partial charge in [0, 0.05) is 41.5 Å². The quantitative estimate of drug-likeness (QED) is 0.220. The smallest absolute Gasteiger partial charge is 0.434 e. The highest BCUT2D eigenvalue weighted by Gasteiger charge is 2.35. The standard InChI is InChI=1S/C27H35F3N4O4S/c1-18-12-23(38-16-26(2,3)25(35)36-4)32-14-20(18)19-8-9-21(31-13-19)24-33-22(27(28,29)30)15-34(24)17-37-10-11-39(5,6)7/h8-9,12-15H,10-11,16-17H2,1-7H3. The molecule has 0 atom stereocenters. The van der Waals surface area contributed by atoms with E-state index in [9.17, 15) is 18.0 Å². The minimum Gasteiger partial charge on any atom is -0.476 e. The zero-order chi connectivity index (χ0) is 29.0. The van der Waals surface area contributed by atoms with E-state index in [-0.39, 0.29) is 30.8 Å². The maximum Gasteiger partial charge on any atom is 0.434 e. The van der Waals surface area contributed by atoms with Gasteiger partial charge in [0.05, 0.1) is 19.1 Å². The number of nitrogens with zero attached hydrogens (tertiary/aromatic N) is 4. The summed E-state index contributed by atoms with van der Waals surface area (Å²) in [6.07, 6.45) is 6.00. The molecule has 3 aromatic rings. The van der Waals surface area contributed by atoms with Crippen molar-refractivity contribution in [2.24, 2.45) is 5.41 Å². The number of rotatable bonds is 11. The van der Waals surface area contributed by atoms with Crippen molar-refractivity contribution in [2.45, 2.75) is 33.7 Å². The van der Waals surface area contributed by atoms with Crippen LogP contribution in [0.4, 0.5) is 13.2 Å². The number of ether oxygens (including phenoxy) is 3. The lowest BCUT2D eigenvalue weighted by Gasteiger charge is -2.24. The van der Waals surface area contributed by atoms with Crippen LogP contribution in [0.1, 0.15) is 25.1 Å². The SMILES string of the molecule is COC(=O)C(C)(C)COc1cc(C)c(-c2ccc(-c3nc(C(F)(F)F)cn3COCCS(C)(C)C)nc2)cn1. The Morgan fingerprint density at radius 1 is 1.10 bits per heavy atom. The summed E-state index contributed by atoms with van der Waals surface area (Å²) in [6, 6.07) is 5.12. The molecule has 0 aliphatic heterocycles. The molecular weight excluding hydrogens is 533 g/mol. The van der Waals surface area contributed by atoms with Crippen LogP contribution in [-0.2, 0) is 27.2 Å². The second-order valence-corrected chi connectivity index (χ2v) is 15.3. The number of carbonyl (C=O) groups is 1. The Kier molecular flexibility index (Phi) is 9.32. The minimum absolute atomic E-state index is 0.0609.